The van der Waals surface area contributed by atoms with Crippen molar-refractivity contribution in [3.8, 4) is 11.5 Å². The molecule has 7 nitrogen and oxygen atoms in total. The van der Waals surface area contributed by atoms with Gasteiger partial charge in [-0.15, -0.1) is 0 Å². The van der Waals surface area contributed by atoms with Crippen LogP contribution in [0.3, 0.4) is 0 Å². The Morgan fingerprint density at radius 3 is 2.47 bits per heavy atom. The number of furan rings is 1. The molecular weight excluding hydrogens is 384 g/mol. The maximum Gasteiger partial charge on any atom is 0.259 e. The van der Waals surface area contributed by atoms with Crippen molar-refractivity contribution in [2.24, 2.45) is 0 Å². The molecule has 1 saturated heterocycles. The first kappa shape index (κ1) is 19.0. The maximum absolute atomic E-state index is 13.4. The number of pyridine rings is 1. The van der Waals surface area contributed by atoms with Crippen molar-refractivity contribution in [2.45, 2.75) is 19.9 Å². The minimum absolute atomic E-state index is 0.173. The Bertz CT molecular complexity index is 1230. The molecule has 7 heteroatoms. The highest BCUT2D eigenvalue weighted by atomic mass is 16.5. The fraction of sp³-hybridized carbons (Fsp3) is 0.348. The number of hydrogen-bond donors (Lipinski definition) is 0. The van der Waals surface area contributed by atoms with Crippen LogP contribution in [-0.4, -0.2) is 53.9 Å². The zero-order valence-corrected chi connectivity index (χ0v) is 16.8. The van der Waals surface area contributed by atoms with E-state index in [0.717, 1.165) is 39.3 Å². The molecular formula is C23H22N2O5. The van der Waals surface area contributed by atoms with Crippen LogP contribution in [0, 0.1) is 6.92 Å². The summed E-state index contributed by atoms with van der Waals surface area (Å²) >= 11 is 0. The highest BCUT2D eigenvalue weighted by molar-refractivity contribution is 6.54. The number of benzene rings is 1. The van der Waals surface area contributed by atoms with Gasteiger partial charge in [0.25, 0.3) is 5.56 Å². The number of carbonyl (C=O) groups excluding carboxylic acids is 2. The molecule has 1 aliphatic carbocycles. The van der Waals surface area contributed by atoms with Gasteiger partial charge in [0.1, 0.15) is 5.76 Å². The Kier molecular flexibility index (Phi) is 4.64. The summed E-state index contributed by atoms with van der Waals surface area (Å²) in [6.07, 6.45) is 0.738. The number of ether oxygens (including phenoxy) is 1. The summed E-state index contributed by atoms with van der Waals surface area (Å²) in [5, 5.41) is 0.940. The number of rotatable bonds is 4. The number of nitrogens with zero attached hydrogens (tertiary/aromatic N) is 2. The van der Waals surface area contributed by atoms with Gasteiger partial charge in [-0.2, -0.15) is 0 Å². The third-order valence-electron chi connectivity index (χ3n) is 5.89. The van der Waals surface area contributed by atoms with Crippen molar-refractivity contribution >= 4 is 22.3 Å². The first-order chi connectivity index (χ1) is 14.6. The lowest BCUT2D eigenvalue weighted by molar-refractivity contribution is 0.0369. The molecule has 0 unspecified atom stereocenters. The van der Waals surface area contributed by atoms with Crippen LogP contribution in [0.4, 0.5) is 0 Å². The van der Waals surface area contributed by atoms with Gasteiger partial charge in [-0.05, 0) is 25.5 Å². The topological polar surface area (TPSA) is 81.8 Å². The standard InChI is InChI=1S/C23H22N2O5/c1-14-13-17-20(26)21(27)18-15-5-2-3-6-16(15)23(28)25(19(18)22(17)30-14)8-4-7-24-9-11-29-12-10-24/h2-3,5-6,13H,4,7-12H2,1H3. The Morgan fingerprint density at radius 2 is 1.70 bits per heavy atom. The van der Waals surface area contributed by atoms with E-state index < -0.39 is 11.6 Å². The molecule has 0 amide bonds. The molecule has 0 N–H and O–H groups in total. The first-order valence-corrected chi connectivity index (χ1v) is 10.2. The van der Waals surface area contributed by atoms with Gasteiger partial charge in [-0.25, -0.2) is 0 Å². The van der Waals surface area contributed by atoms with E-state index in [4.69, 9.17) is 9.15 Å². The van der Waals surface area contributed by atoms with Gasteiger partial charge >= 0.3 is 0 Å². The lowest BCUT2D eigenvalue weighted by Gasteiger charge is -2.27. The molecule has 2 aromatic heterocycles. The van der Waals surface area contributed by atoms with Crippen molar-refractivity contribution in [1.82, 2.24) is 9.47 Å². The average molecular weight is 406 g/mol. The van der Waals surface area contributed by atoms with Crippen LogP contribution in [0.1, 0.15) is 32.9 Å². The van der Waals surface area contributed by atoms with Crippen molar-refractivity contribution in [3.05, 3.63) is 57.6 Å². The summed E-state index contributed by atoms with van der Waals surface area (Å²) < 4.78 is 12.8. The molecule has 2 aliphatic rings. The van der Waals surface area contributed by atoms with Crippen LogP contribution in [0.5, 0.6) is 0 Å². The van der Waals surface area contributed by atoms with E-state index in [1.807, 2.05) is 0 Å². The van der Waals surface area contributed by atoms with Gasteiger partial charge in [0, 0.05) is 37.0 Å². The summed E-state index contributed by atoms with van der Waals surface area (Å²) in [5.41, 5.74) is 0.756. The van der Waals surface area contributed by atoms with Gasteiger partial charge in [-0.3, -0.25) is 19.3 Å². The monoisotopic (exact) mass is 406 g/mol. The second-order valence-electron chi connectivity index (χ2n) is 7.79. The van der Waals surface area contributed by atoms with E-state index in [0.29, 0.717) is 34.5 Å². The van der Waals surface area contributed by atoms with Crippen molar-refractivity contribution < 1.29 is 18.7 Å². The molecule has 1 fully saturated rings. The van der Waals surface area contributed by atoms with Crippen LogP contribution in [0.15, 0.2) is 39.5 Å². The smallest absolute Gasteiger partial charge is 0.259 e. The van der Waals surface area contributed by atoms with E-state index in [-0.39, 0.29) is 16.7 Å². The second-order valence-corrected chi connectivity index (χ2v) is 7.79. The quantitative estimate of drug-likeness (QED) is 0.620. The largest absolute Gasteiger partial charge is 0.459 e. The molecule has 154 valence electrons. The molecule has 0 atom stereocenters. The lowest BCUT2D eigenvalue weighted by atomic mass is 9.88. The molecule has 3 heterocycles. The Hall–Kier alpha value is -3.03. The predicted molar refractivity (Wildman–Crippen MR) is 111 cm³/mol. The van der Waals surface area contributed by atoms with Gasteiger partial charge in [-0.1, -0.05) is 18.2 Å². The average Bonchev–Trinajstić information content (AvgIpc) is 3.16. The predicted octanol–water partition coefficient (Wildman–Crippen LogP) is 2.67. The molecule has 30 heavy (non-hydrogen) atoms. The van der Waals surface area contributed by atoms with E-state index in [2.05, 4.69) is 4.90 Å². The Morgan fingerprint density at radius 1 is 0.967 bits per heavy atom. The zero-order valence-electron chi connectivity index (χ0n) is 16.8. The number of aromatic nitrogens is 1. The Balaban J connectivity index is 1.65. The summed E-state index contributed by atoms with van der Waals surface area (Å²) in [6, 6.07) is 8.55. The van der Waals surface area contributed by atoms with Crippen molar-refractivity contribution in [3.63, 3.8) is 0 Å². The van der Waals surface area contributed by atoms with Gasteiger partial charge < -0.3 is 13.7 Å². The van der Waals surface area contributed by atoms with Crippen LogP contribution < -0.4 is 5.56 Å². The third-order valence-corrected chi connectivity index (χ3v) is 5.89. The number of morpholine rings is 1. The van der Waals surface area contributed by atoms with Crippen molar-refractivity contribution in [1.29, 1.82) is 0 Å². The number of ketones is 2. The highest BCUT2D eigenvalue weighted by Crippen LogP contribution is 2.38. The highest BCUT2D eigenvalue weighted by Gasteiger charge is 2.37. The molecule has 0 spiro atoms. The number of aryl methyl sites for hydroxylation is 1. The number of carbonyl (C=O) groups is 2. The van der Waals surface area contributed by atoms with E-state index in [1.165, 1.54) is 0 Å². The lowest BCUT2D eigenvalue weighted by Crippen LogP contribution is -2.37. The van der Waals surface area contributed by atoms with E-state index >= 15 is 0 Å². The van der Waals surface area contributed by atoms with E-state index in [1.54, 1.807) is 41.8 Å². The van der Waals surface area contributed by atoms with Crippen LogP contribution in [-0.2, 0) is 11.3 Å². The zero-order chi connectivity index (χ0) is 20.8. The molecule has 5 rings (SSSR count). The summed E-state index contributed by atoms with van der Waals surface area (Å²) in [7, 11) is 0. The SMILES string of the molecule is Cc1cc2c(o1)-c1c(c3ccccc3c(=O)n1CCCN1CCOCC1)C(=O)C2=O. The number of fused-ring (bicyclic) bond motifs is 5. The normalized spacial score (nSPS) is 16.7. The maximum atomic E-state index is 13.4. The molecule has 3 aromatic rings. The molecule has 1 aliphatic heterocycles. The Labute approximate surface area is 172 Å². The van der Waals surface area contributed by atoms with Crippen LogP contribution >= 0.6 is 0 Å². The number of Topliss-reactive ketones (excluding diaryl/α,β-unsaturated/α-hetero) is 2. The van der Waals surface area contributed by atoms with Crippen LogP contribution in [0.25, 0.3) is 22.2 Å². The molecule has 0 saturated carbocycles. The first-order valence-electron chi connectivity index (χ1n) is 10.2. The summed E-state index contributed by atoms with van der Waals surface area (Å²) in [5.74, 6) is -0.315. The second kappa shape index (κ2) is 7.34. The van der Waals surface area contributed by atoms with Gasteiger partial charge in [0.05, 0.1) is 30.0 Å². The summed E-state index contributed by atoms with van der Waals surface area (Å²) in [4.78, 5) is 41.5. The van der Waals surface area contributed by atoms with Gasteiger partial charge in [0.2, 0.25) is 11.6 Å². The molecule has 0 bridgehead atoms. The minimum Gasteiger partial charge on any atom is -0.459 e. The van der Waals surface area contributed by atoms with Crippen molar-refractivity contribution in [2.75, 3.05) is 32.8 Å². The van der Waals surface area contributed by atoms with Crippen LogP contribution in [0.2, 0.25) is 0 Å². The fourth-order valence-electron chi connectivity index (χ4n) is 4.45. The third kappa shape index (κ3) is 2.93. The number of hydrogen-bond acceptors (Lipinski definition) is 6. The molecule has 1 aromatic carbocycles. The minimum atomic E-state index is -0.587. The van der Waals surface area contributed by atoms with E-state index in [9.17, 15) is 14.4 Å². The molecule has 0 radical (unpaired) electrons. The summed E-state index contributed by atoms with van der Waals surface area (Å²) in [6.45, 7) is 6.18. The van der Waals surface area contributed by atoms with Gasteiger partial charge in [0.15, 0.2) is 5.76 Å². The fourth-order valence-corrected chi connectivity index (χ4v) is 4.45.